The Morgan fingerprint density at radius 1 is 1.20 bits per heavy atom. The lowest BCUT2D eigenvalue weighted by Crippen LogP contribution is -2.29. The lowest BCUT2D eigenvalue weighted by atomic mass is 9.98. The smallest absolute Gasteiger partial charge is 0.257 e. The number of anilines is 1. The Morgan fingerprint density at radius 2 is 1.84 bits per heavy atom. The number of carbonyl (C=O) groups is 1. The van der Waals surface area contributed by atoms with Crippen molar-refractivity contribution in [1.29, 1.82) is 0 Å². The largest absolute Gasteiger partial charge is 0.297 e. The molecule has 0 saturated carbocycles. The van der Waals surface area contributed by atoms with E-state index in [0.29, 0.717) is 16.7 Å². The van der Waals surface area contributed by atoms with Crippen molar-refractivity contribution >= 4 is 22.4 Å². The molecule has 0 aliphatic carbocycles. The molecule has 1 heterocycles. The van der Waals surface area contributed by atoms with E-state index in [1.54, 1.807) is 0 Å². The maximum absolute atomic E-state index is 12.4. The highest BCUT2D eigenvalue weighted by molar-refractivity contribution is 7.15. The maximum Gasteiger partial charge on any atom is 0.257 e. The third-order valence-electron chi connectivity index (χ3n) is 4.03. The summed E-state index contributed by atoms with van der Waals surface area (Å²) in [4.78, 5) is 14.8. The Kier molecular flexibility index (Phi) is 6.30. The van der Waals surface area contributed by atoms with Gasteiger partial charge in [0.25, 0.3) is 5.91 Å². The zero-order valence-electron chi connectivity index (χ0n) is 16.0. The molecule has 0 bridgehead atoms. The van der Waals surface area contributed by atoms with Gasteiger partial charge in [0, 0.05) is 23.6 Å². The third-order valence-corrected chi connectivity index (χ3v) is 5.29. The third kappa shape index (κ3) is 5.34. The maximum atomic E-state index is 12.4. The quantitative estimate of drug-likeness (QED) is 0.833. The SMILES string of the molecule is CCN(Cc1ccc(C(=O)Nc2nnc(C(C)(C)C)s2)cc1)C(C)C. The van der Waals surface area contributed by atoms with Gasteiger partial charge in [-0.15, -0.1) is 10.2 Å². The second-order valence-corrected chi connectivity index (χ2v) is 8.45. The van der Waals surface area contributed by atoms with E-state index in [1.807, 2.05) is 24.3 Å². The van der Waals surface area contributed by atoms with Crippen LogP contribution in [0, 0.1) is 0 Å². The summed E-state index contributed by atoms with van der Waals surface area (Å²) in [5.74, 6) is -0.153. The molecule has 0 radical (unpaired) electrons. The van der Waals surface area contributed by atoms with Gasteiger partial charge < -0.3 is 0 Å². The number of aromatic nitrogens is 2. The summed E-state index contributed by atoms with van der Waals surface area (Å²) in [6.07, 6.45) is 0. The molecule has 0 saturated heterocycles. The van der Waals surface area contributed by atoms with Gasteiger partial charge in [0.05, 0.1) is 0 Å². The van der Waals surface area contributed by atoms with Crippen LogP contribution >= 0.6 is 11.3 Å². The molecule has 0 unspecified atom stereocenters. The summed E-state index contributed by atoms with van der Waals surface area (Å²) in [5, 5.41) is 12.5. The average Bonchev–Trinajstić information content (AvgIpc) is 3.01. The lowest BCUT2D eigenvalue weighted by molar-refractivity contribution is 0.102. The number of carbonyl (C=O) groups excluding carboxylic acids is 1. The molecule has 6 heteroatoms. The van der Waals surface area contributed by atoms with Gasteiger partial charge in [0.15, 0.2) is 0 Å². The number of nitrogens with one attached hydrogen (secondary N) is 1. The predicted molar refractivity (Wildman–Crippen MR) is 104 cm³/mol. The number of nitrogens with zero attached hydrogens (tertiary/aromatic N) is 3. The summed E-state index contributed by atoms with van der Waals surface area (Å²) in [5.41, 5.74) is 1.77. The van der Waals surface area contributed by atoms with Crippen molar-refractivity contribution in [3.05, 3.63) is 40.4 Å². The van der Waals surface area contributed by atoms with Gasteiger partial charge in [-0.25, -0.2) is 0 Å². The van der Waals surface area contributed by atoms with E-state index in [1.165, 1.54) is 16.9 Å². The molecule has 5 nitrogen and oxygen atoms in total. The van der Waals surface area contributed by atoms with Gasteiger partial charge >= 0.3 is 0 Å². The van der Waals surface area contributed by atoms with Crippen molar-refractivity contribution in [2.45, 2.75) is 59.5 Å². The number of rotatable bonds is 6. The Labute approximate surface area is 154 Å². The van der Waals surface area contributed by atoms with Gasteiger partial charge in [0.1, 0.15) is 5.01 Å². The van der Waals surface area contributed by atoms with Gasteiger partial charge in [-0.05, 0) is 38.1 Å². The number of amides is 1. The monoisotopic (exact) mass is 360 g/mol. The summed E-state index contributed by atoms with van der Waals surface area (Å²) in [6, 6.07) is 8.26. The van der Waals surface area contributed by atoms with Crippen molar-refractivity contribution in [3.8, 4) is 0 Å². The fourth-order valence-electron chi connectivity index (χ4n) is 2.40. The van der Waals surface area contributed by atoms with Crippen LogP contribution in [0.5, 0.6) is 0 Å². The Balaban J connectivity index is 2.02. The highest BCUT2D eigenvalue weighted by Gasteiger charge is 2.20. The standard InChI is InChI=1S/C19H28N4OS/c1-7-23(13(2)3)12-14-8-10-15(11-9-14)16(24)20-18-22-21-17(25-18)19(4,5)6/h8-11,13H,7,12H2,1-6H3,(H,20,22,24). The molecular weight excluding hydrogens is 332 g/mol. The molecule has 1 N–H and O–H groups in total. The molecule has 1 amide bonds. The molecule has 136 valence electrons. The van der Waals surface area contributed by atoms with Crippen molar-refractivity contribution in [1.82, 2.24) is 15.1 Å². The first-order valence-corrected chi connectivity index (χ1v) is 9.50. The molecule has 2 rings (SSSR count). The molecule has 0 atom stereocenters. The summed E-state index contributed by atoms with van der Waals surface area (Å²) in [7, 11) is 0. The first-order valence-electron chi connectivity index (χ1n) is 8.69. The Hall–Kier alpha value is -1.79. The van der Waals surface area contributed by atoms with E-state index in [9.17, 15) is 4.79 Å². The van der Waals surface area contributed by atoms with Crippen LogP contribution in [0.4, 0.5) is 5.13 Å². The van der Waals surface area contributed by atoms with Crippen LogP contribution in [0.3, 0.4) is 0 Å². The summed E-state index contributed by atoms with van der Waals surface area (Å²) >= 11 is 1.42. The number of benzene rings is 1. The molecule has 0 aliphatic heterocycles. The van der Waals surface area contributed by atoms with Crippen molar-refractivity contribution in [3.63, 3.8) is 0 Å². The first-order chi connectivity index (χ1) is 11.7. The Morgan fingerprint density at radius 3 is 2.32 bits per heavy atom. The van der Waals surface area contributed by atoms with E-state index < -0.39 is 0 Å². The van der Waals surface area contributed by atoms with Crippen LogP contribution in [0.1, 0.15) is 62.5 Å². The molecule has 0 spiro atoms. The average molecular weight is 361 g/mol. The van der Waals surface area contributed by atoms with E-state index in [4.69, 9.17) is 0 Å². The normalized spacial score (nSPS) is 12.0. The van der Waals surface area contributed by atoms with Crippen LogP contribution in [0.2, 0.25) is 0 Å². The van der Waals surface area contributed by atoms with Gasteiger partial charge in [-0.1, -0.05) is 51.2 Å². The molecule has 0 fully saturated rings. The lowest BCUT2D eigenvalue weighted by Gasteiger charge is -2.24. The number of hydrogen-bond acceptors (Lipinski definition) is 5. The zero-order valence-corrected chi connectivity index (χ0v) is 16.8. The van der Waals surface area contributed by atoms with Crippen molar-refractivity contribution in [2.75, 3.05) is 11.9 Å². The van der Waals surface area contributed by atoms with Crippen LogP contribution in [-0.2, 0) is 12.0 Å². The zero-order chi connectivity index (χ0) is 18.6. The van der Waals surface area contributed by atoms with Crippen LogP contribution in [0.15, 0.2) is 24.3 Å². The summed E-state index contributed by atoms with van der Waals surface area (Å²) in [6.45, 7) is 14.7. The van der Waals surface area contributed by atoms with Gasteiger partial charge in [0.2, 0.25) is 5.13 Å². The van der Waals surface area contributed by atoms with E-state index in [2.05, 4.69) is 62.0 Å². The van der Waals surface area contributed by atoms with Gasteiger partial charge in [-0.3, -0.25) is 15.0 Å². The topological polar surface area (TPSA) is 58.1 Å². The summed E-state index contributed by atoms with van der Waals surface area (Å²) < 4.78 is 0. The van der Waals surface area contributed by atoms with Crippen molar-refractivity contribution < 1.29 is 4.79 Å². The van der Waals surface area contributed by atoms with E-state index in [0.717, 1.165) is 18.1 Å². The highest BCUT2D eigenvalue weighted by atomic mass is 32.1. The number of hydrogen-bond donors (Lipinski definition) is 1. The molecule has 2 aromatic rings. The van der Waals surface area contributed by atoms with Crippen LogP contribution < -0.4 is 5.32 Å². The van der Waals surface area contributed by atoms with Crippen LogP contribution in [-0.4, -0.2) is 33.6 Å². The van der Waals surface area contributed by atoms with Crippen molar-refractivity contribution in [2.24, 2.45) is 0 Å². The second kappa shape index (κ2) is 8.06. The molecule has 1 aromatic heterocycles. The molecule has 1 aromatic carbocycles. The minimum atomic E-state index is -0.153. The second-order valence-electron chi connectivity index (χ2n) is 7.47. The highest BCUT2D eigenvalue weighted by Crippen LogP contribution is 2.27. The fraction of sp³-hybridized carbons (Fsp3) is 0.526. The fourth-order valence-corrected chi connectivity index (χ4v) is 3.20. The van der Waals surface area contributed by atoms with Crippen LogP contribution in [0.25, 0.3) is 0 Å². The minimum Gasteiger partial charge on any atom is -0.297 e. The Bertz CT molecular complexity index is 701. The molecular formula is C19H28N4OS. The molecule has 0 aliphatic rings. The predicted octanol–water partition coefficient (Wildman–Crippen LogP) is 4.32. The van der Waals surface area contributed by atoms with E-state index in [-0.39, 0.29) is 11.3 Å². The van der Waals surface area contributed by atoms with E-state index >= 15 is 0 Å². The minimum absolute atomic E-state index is 0.0656. The molecule has 25 heavy (non-hydrogen) atoms. The first kappa shape index (κ1) is 19.5. The van der Waals surface area contributed by atoms with Gasteiger partial charge in [-0.2, -0.15) is 0 Å².